The van der Waals surface area contributed by atoms with Gasteiger partial charge in [0.1, 0.15) is 5.75 Å². The van der Waals surface area contributed by atoms with Gasteiger partial charge in [0.15, 0.2) is 11.1 Å². The smallest absolute Gasteiger partial charge is 0.455 e. The molecule has 152 valence electrons. The van der Waals surface area contributed by atoms with Crippen LogP contribution >= 0.6 is 11.8 Å². The first-order valence-corrected chi connectivity index (χ1v) is 7.74. The number of ketones is 1. The number of rotatable bonds is 3. The number of aromatic hydroxyl groups is 1. The second-order valence-electron chi connectivity index (χ2n) is 4.99. The predicted octanol–water partition coefficient (Wildman–Crippen LogP) is 2.75. The third-order valence-corrected chi connectivity index (χ3v) is 4.37. The fraction of sp³-hybridized carbons (Fsp3) is 0.0588. The summed E-state index contributed by atoms with van der Waals surface area (Å²) in [5, 5.41) is 9.92. The number of carbonyl (C=O) groups excluding carboxylic acids is 1. The zero-order valence-electron chi connectivity index (χ0n) is 13.7. The van der Waals surface area contributed by atoms with Crippen LogP contribution in [0.4, 0.5) is 13.2 Å². The van der Waals surface area contributed by atoms with E-state index in [1.54, 1.807) is 30.3 Å². The van der Waals surface area contributed by atoms with Crippen molar-refractivity contribution in [1.82, 2.24) is 0 Å². The molecule has 28 heavy (non-hydrogen) atoms. The number of para-hydroxylation sites is 1. The molecular weight excluding hydrogens is 546 g/mol. The van der Waals surface area contributed by atoms with Crippen molar-refractivity contribution in [3.05, 3.63) is 64.5 Å². The van der Waals surface area contributed by atoms with Gasteiger partial charge in [-0.15, -0.1) is 0 Å². The largest absolute Gasteiger partial charge is 0.506 e. The van der Waals surface area contributed by atoms with Crippen LogP contribution in [-0.4, -0.2) is 28.0 Å². The van der Waals surface area contributed by atoms with Crippen molar-refractivity contribution in [3.8, 4) is 5.75 Å². The Labute approximate surface area is 192 Å². The molecule has 6 nitrogen and oxygen atoms in total. The van der Waals surface area contributed by atoms with Gasteiger partial charge in [0.25, 0.3) is 5.78 Å². The number of fused-ring (bicyclic) bond motifs is 1. The molecule has 0 aliphatic carbocycles. The van der Waals surface area contributed by atoms with Crippen molar-refractivity contribution in [2.24, 2.45) is 0 Å². The molecule has 0 aliphatic heterocycles. The molecule has 3 rings (SSSR count). The molecule has 3 aromatic rings. The van der Waals surface area contributed by atoms with Crippen LogP contribution in [0.1, 0.15) is 10.4 Å². The van der Waals surface area contributed by atoms with Crippen LogP contribution in [0.2, 0.25) is 0 Å². The van der Waals surface area contributed by atoms with E-state index < -0.39 is 28.9 Å². The van der Waals surface area contributed by atoms with E-state index in [4.69, 9.17) is 4.42 Å². The van der Waals surface area contributed by atoms with Gasteiger partial charge in [0.05, 0.1) is 10.3 Å². The number of benzene rings is 2. The molecule has 0 aliphatic rings. The van der Waals surface area contributed by atoms with E-state index in [0.29, 0.717) is 4.90 Å². The first-order chi connectivity index (χ1) is 11.8. The summed E-state index contributed by atoms with van der Waals surface area (Å²) in [5.41, 5.74) is -3.03. The molecule has 0 saturated heterocycles. The third-order valence-electron chi connectivity index (χ3n) is 3.33. The van der Waals surface area contributed by atoms with Gasteiger partial charge in [0, 0.05) is 44.8 Å². The van der Waals surface area contributed by atoms with Gasteiger partial charge in [0.2, 0.25) is 0 Å². The summed E-state index contributed by atoms with van der Waals surface area (Å²) in [7, 11) is 0. The third kappa shape index (κ3) is 5.31. The number of carbonyl (C=O) groups is 1. The van der Waals surface area contributed by atoms with Gasteiger partial charge < -0.3 is 20.5 Å². The van der Waals surface area contributed by atoms with E-state index >= 15 is 0 Å². The Hall–Kier alpha value is -1.50. The maximum Gasteiger partial charge on any atom is 0.455 e. The second-order valence-corrected chi connectivity index (χ2v) is 6.10. The van der Waals surface area contributed by atoms with E-state index in [1.165, 1.54) is 23.9 Å². The van der Waals surface area contributed by atoms with Gasteiger partial charge in [-0.25, -0.2) is 4.79 Å². The molecule has 11 heteroatoms. The van der Waals surface area contributed by atoms with Crippen LogP contribution in [0.5, 0.6) is 5.75 Å². The molecule has 0 saturated carbocycles. The van der Waals surface area contributed by atoms with E-state index in [0.717, 1.165) is 4.90 Å². The van der Waals surface area contributed by atoms with E-state index in [-0.39, 0.29) is 61.9 Å². The molecule has 1 heterocycles. The van der Waals surface area contributed by atoms with Crippen LogP contribution in [0, 0.1) is 39.9 Å². The fourth-order valence-corrected chi connectivity index (χ4v) is 3.16. The summed E-state index contributed by atoms with van der Waals surface area (Å²) >= 11 is 1.20. The SMILES string of the molecule is O.O.O=C(c1c(O)c2cccc(Sc3ccccc3)c2oc1=O)C(F)(F)F.[Gd]. The molecule has 0 fully saturated rings. The maximum absolute atomic E-state index is 12.6. The van der Waals surface area contributed by atoms with Crippen LogP contribution in [0.3, 0.4) is 0 Å². The maximum atomic E-state index is 12.6. The summed E-state index contributed by atoms with van der Waals surface area (Å²) in [6.45, 7) is 0. The molecule has 0 atom stereocenters. The average Bonchev–Trinajstić information content (AvgIpc) is 2.56. The molecule has 0 unspecified atom stereocenters. The van der Waals surface area contributed by atoms with Gasteiger partial charge in [-0.3, -0.25) is 4.79 Å². The van der Waals surface area contributed by atoms with E-state index in [2.05, 4.69) is 0 Å². The quantitative estimate of drug-likeness (QED) is 0.390. The van der Waals surface area contributed by atoms with Gasteiger partial charge >= 0.3 is 11.8 Å². The molecule has 2 aromatic carbocycles. The van der Waals surface area contributed by atoms with Gasteiger partial charge in [-0.05, 0) is 24.3 Å². The number of alkyl halides is 3. The van der Waals surface area contributed by atoms with Crippen LogP contribution in [-0.2, 0) is 0 Å². The Bertz CT molecular complexity index is 1020. The van der Waals surface area contributed by atoms with Crippen molar-refractivity contribution in [1.29, 1.82) is 0 Å². The standard InChI is InChI=1S/C17H9F3O4S.Gd.2H2O/c18-17(19,20)15(22)12-13(21)10-7-4-8-11(14(10)24-16(12)23)25-9-5-2-1-3-6-9;;;/h1-8,21H;;2*1H2. The topological polar surface area (TPSA) is 131 Å². The molecule has 0 bridgehead atoms. The van der Waals surface area contributed by atoms with Crippen molar-refractivity contribution in [3.63, 3.8) is 0 Å². The summed E-state index contributed by atoms with van der Waals surface area (Å²) < 4.78 is 42.8. The van der Waals surface area contributed by atoms with E-state index in [9.17, 15) is 27.9 Å². The molecule has 0 amide bonds. The normalized spacial score (nSPS) is 10.4. The zero-order chi connectivity index (χ0) is 18.2. The Morgan fingerprint density at radius 2 is 1.61 bits per heavy atom. The van der Waals surface area contributed by atoms with Crippen molar-refractivity contribution < 1.29 is 78.4 Å². The van der Waals surface area contributed by atoms with Gasteiger partial charge in [-0.1, -0.05) is 36.0 Å². The van der Waals surface area contributed by atoms with Crippen LogP contribution in [0.25, 0.3) is 11.0 Å². The molecule has 0 radical (unpaired) electrons. The minimum atomic E-state index is -5.30. The van der Waals surface area contributed by atoms with Crippen LogP contribution in [0.15, 0.2) is 67.5 Å². The minimum absolute atomic E-state index is 0. The Balaban J connectivity index is 0.00000243. The van der Waals surface area contributed by atoms with Crippen molar-refractivity contribution in [2.75, 3.05) is 0 Å². The number of hydrogen-bond donors (Lipinski definition) is 1. The Kier molecular flexibility index (Phi) is 9.78. The zero-order valence-corrected chi connectivity index (χ0v) is 16.8. The molecule has 0 spiro atoms. The van der Waals surface area contributed by atoms with Crippen molar-refractivity contribution >= 4 is 28.5 Å². The minimum Gasteiger partial charge on any atom is -0.506 e. The second kappa shape index (κ2) is 10.3. The van der Waals surface area contributed by atoms with Crippen molar-refractivity contribution in [2.45, 2.75) is 16.0 Å². The first kappa shape index (κ1) is 26.5. The monoisotopic (exact) mass is 560 g/mol. The van der Waals surface area contributed by atoms with Crippen LogP contribution < -0.4 is 5.63 Å². The summed E-state index contributed by atoms with van der Waals surface area (Å²) in [5.74, 6) is -3.48. The molecule has 1 aromatic heterocycles. The summed E-state index contributed by atoms with van der Waals surface area (Å²) in [6.07, 6.45) is -5.30. The Morgan fingerprint density at radius 3 is 2.18 bits per heavy atom. The van der Waals surface area contributed by atoms with E-state index in [1.807, 2.05) is 6.07 Å². The molecular formula is C17H13F3GdO6S. The molecule has 5 N–H and O–H groups in total. The predicted molar refractivity (Wildman–Crippen MR) is 92.3 cm³/mol. The van der Waals surface area contributed by atoms with Gasteiger partial charge in [-0.2, -0.15) is 13.2 Å². The number of halogens is 3. The summed E-state index contributed by atoms with van der Waals surface area (Å²) in [4.78, 5) is 24.5. The Morgan fingerprint density at radius 1 is 1.00 bits per heavy atom. The number of Topliss-reactive ketones (excluding diaryl/α,β-unsaturated/α-hetero) is 1. The number of hydrogen-bond acceptors (Lipinski definition) is 5. The fourth-order valence-electron chi connectivity index (χ4n) is 2.22. The average molecular weight is 560 g/mol. The first-order valence-electron chi connectivity index (χ1n) is 6.92. The summed E-state index contributed by atoms with van der Waals surface area (Å²) in [6, 6.07) is 13.3.